The van der Waals surface area contributed by atoms with Crippen LogP contribution in [0, 0.1) is 12.7 Å². The molecule has 0 N–H and O–H groups in total. The van der Waals surface area contributed by atoms with Crippen LogP contribution >= 0.6 is 23.1 Å². The van der Waals surface area contributed by atoms with E-state index in [4.69, 9.17) is 0 Å². The third-order valence-electron chi connectivity index (χ3n) is 4.30. The lowest BCUT2D eigenvalue weighted by molar-refractivity contribution is 0.628. The molecule has 0 amide bonds. The van der Waals surface area contributed by atoms with Crippen molar-refractivity contribution in [3.63, 3.8) is 0 Å². The number of rotatable bonds is 6. The summed E-state index contributed by atoms with van der Waals surface area (Å²) >= 11 is 3.20. The molecule has 0 bridgehead atoms. The molecule has 4 aromatic rings. The first kappa shape index (κ1) is 18.8. The van der Waals surface area contributed by atoms with E-state index in [1.807, 2.05) is 11.4 Å². The normalized spacial score (nSPS) is 11.1. The van der Waals surface area contributed by atoms with Crippen LogP contribution in [0.1, 0.15) is 18.2 Å². The SMILES string of the molecule is CCn1c(SCc2csc(-c3ccc(F)cc3)n2)nnc1-c1cccc(C)c1. The van der Waals surface area contributed by atoms with Crippen molar-refractivity contribution < 1.29 is 4.39 Å². The summed E-state index contributed by atoms with van der Waals surface area (Å²) in [6.45, 7) is 4.98. The molecule has 0 saturated heterocycles. The molecule has 0 radical (unpaired) electrons. The van der Waals surface area contributed by atoms with Gasteiger partial charge in [-0.3, -0.25) is 0 Å². The zero-order valence-electron chi connectivity index (χ0n) is 15.6. The standard InChI is InChI=1S/C21H19FN4S2/c1-3-26-19(16-6-4-5-14(2)11-16)24-25-21(26)28-13-18-12-27-20(23-18)15-7-9-17(22)10-8-15/h4-12H,3,13H2,1-2H3. The quantitative estimate of drug-likeness (QED) is 0.375. The summed E-state index contributed by atoms with van der Waals surface area (Å²) in [5.41, 5.74) is 4.19. The van der Waals surface area contributed by atoms with Gasteiger partial charge in [-0.15, -0.1) is 21.5 Å². The lowest BCUT2D eigenvalue weighted by Crippen LogP contribution is -2.00. The fraction of sp³-hybridized carbons (Fsp3) is 0.190. The van der Waals surface area contributed by atoms with Crippen LogP contribution in [0.15, 0.2) is 59.1 Å². The van der Waals surface area contributed by atoms with Gasteiger partial charge in [0.05, 0.1) is 5.69 Å². The van der Waals surface area contributed by atoms with Crippen molar-refractivity contribution >= 4 is 23.1 Å². The van der Waals surface area contributed by atoms with Gasteiger partial charge in [0, 0.05) is 28.8 Å². The van der Waals surface area contributed by atoms with Gasteiger partial charge in [0.1, 0.15) is 10.8 Å². The second-order valence-corrected chi connectivity index (χ2v) is 8.16. The Morgan fingerprint density at radius 1 is 1.07 bits per heavy atom. The highest BCUT2D eigenvalue weighted by Crippen LogP contribution is 2.29. The van der Waals surface area contributed by atoms with E-state index in [-0.39, 0.29) is 5.82 Å². The van der Waals surface area contributed by atoms with Crippen molar-refractivity contribution in [2.24, 2.45) is 0 Å². The fourth-order valence-corrected chi connectivity index (χ4v) is 4.74. The summed E-state index contributed by atoms with van der Waals surface area (Å²) in [5, 5.41) is 12.6. The summed E-state index contributed by atoms with van der Waals surface area (Å²) in [6, 6.07) is 14.7. The van der Waals surface area contributed by atoms with E-state index in [9.17, 15) is 4.39 Å². The molecule has 0 spiro atoms. The molecule has 0 aliphatic carbocycles. The van der Waals surface area contributed by atoms with Gasteiger partial charge in [0.25, 0.3) is 0 Å². The number of hydrogen-bond acceptors (Lipinski definition) is 5. The zero-order valence-corrected chi connectivity index (χ0v) is 17.2. The van der Waals surface area contributed by atoms with E-state index in [1.165, 1.54) is 17.7 Å². The molecule has 142 valence electrons. The molecular weight excluding hydrogens is 391 g/mol. The van der Waals surface area contributed by atoms with Crippen LogP contribution in [-0.2, 0) is 12.3 Å². The van der Waals surface area contributed by atoms with E-state index in [2.05, 4.69) is 51.8 Å². The Labute approximate surface area is 171 Å². The minimum absolute atomic E-state index is 0.237. The first-order chi connectivity index (χ1) is 13.6. The van der Waals surface area contributed by atoms with Gasteiger partial charge in [-0.2, -0.15) is 0 Å². The van der Waals surface area contributed by atoms with Crippen LogP contribution in [0.5, 0.6) is 0 Å². The molecule has 0 aliphatic heterocycles. The van der Waals surface area contributed by atoms with E-state index < -0.39 is 0 Å². The van der Waals surface area contributed by atoms with E-state index in [0.717, 1.165) is 39.4 Å². The maximum Gasteiger partial charge on any atom is 0.191 e. The smallest absolute Gasteiger partial charge is 0.191 e. The Morgan fingerprint density at radius 2 is 1.89 bits per heavy atom. The average molecular weight is 411 g/mol. The van der Waals surface area contributed by atoms with Crippen molar-refractivity contribution in [2.75, 3.05) is 0 Å². The van der Waals surface area contributed by atoms with Gasteiger partial charge in [-0.25, -0.2) is 9.37 Å². The minimum Gasteiger partial charge on any atom is -0.302 e. The van der Waals surface area contributed by atoms with Crippen LogP contribution in [0.2, 0.25) is 0 Å². The Kier molecular flexibility index (Phi) is 5.54. The van der Waals surface area contributed by atoms with Crippen LogP contribution in [-0.4, -0.2) is 19.7 Å². The largest absolute Gasteiger partial charge is 0.302 e. The Balaban J connectivity index is 1.50. The third kappa shape index (κ3) is 4.00. The molecule has 2 aromatic carbocycles. The molecule has 0 saturated carbocycles. The molecule has 2 heterocycles. The highest BCUT2D eigenvalue weighted by atomic mass is 32.2. The van der Waals surface area contributed by atoms with E-state index in [1.54, 1.807) is 35.2 Å². The maximum absolute atomic E-state index is 13.1. The molecule has 4 nitrogen and oxygen atoms in total. The summed E-state index contributed by atoms with van der Waals surface area (Å²) in [6.07, 6.45) is 0. The average Bonchev–Trinajstić information content (AvgIpc) is 3.33. The van der Waals surface area contributed by atoms with Crippen molar-refractivity contribution in [3.05, 3.63) is 71.0 Å². The van der Waals surface area contributed by atoms with Crippen LogP contribution in [0.25, 0.3) is 22.0 Å². The Morgan fingerprint density at radius 3 is 2.64 bits per heavy atom. The highest BCUT2D eigenvalue weighted by molar-refractivity contribution is 7.98. The number of thiazole rings is 1. The number of thioether (sulfide) groups is 1. The topological polar surface area (TPSA) is 43.6 Å². The maximum atomic E-state index is 13.1. The Hall–Kier alpha value is -2.51. The third-order valence-corrected chi connectivity index (χ3v) is 6.24. The molecule has 0 atom stereocenters. The highest BCUT2D eigenvalue weighted by Gasteiger charge is 2.14. The van der Waals surface area contributed by atoms with Gasteiger partial charge < -0.3 is 4.57 Å². The summed E-state index contributed by atoms with van der Waals surface area (Å²) in [4.78, 5) is 4.68. The molecule has 0 fully saturated rings. The number of nitrogens with zero attached hydrogens (tertiary/aromatic N) is 4. The summed E-state index contributed by atoms with van der Waals surface area (Å²) in [7, 11) is 0. The molecule has 28 heavy (non-hydrogen) atoms. The molecule has 4 rings (SSSR count). The number of benzene rings is 2. The second kappa shape index (κ2) is 8.24. The predicted octanol–water partition coefficient (Wildman–Crippen LogP) is 5.83. The molecule has 7 heteroatoms. The zero-order chi connectivity index (χ0) is 19.5. The monoisotopic (exact) mass is 410 g/mol. The molecular formula is C21H19FN4S2. The van der Waals surface area contributed by atoms with Crippen molar-refractivity contribution in [1.29, 1.82) is 0 Å². The lowest BCUT2D eigenvalue weighted by atomic mass is 10.1. The minimum atomic E-state index is -0.237. The predicted molar refractivity (Wildman–Crippen MR) is 113 cm³/mol. The van der Waals surface area contributed by atoms with Gasteiger partial charge in [0.2, 0.25) is 0 Å². The number of aromatic nitrogens is 4. The fourth-order valence-electron chi connectivity index (χ4n) is 2.92. The first-order valence-corrected chi connectivity index (χ1v) is 10.8. The van der Waals surface area contributed by atoms with E-state index >= 15 is 0 Å². The molecule has 0 unspecified atom stereocenters. The summed E-state index contributed by atoms with van der Waals surface area (Å²) in [5.74, 6) is 1.36. The van der Waals surface area contributed by atoms with E-state index in [0.29, 0.717) is 5.75 Å². The molecule has 2 aromatic heterocycles. The van der Waals surface area contributed by atoms with Gasteiger partial charge in [0.15, 0.2) is 11.0 Å². The van der Waals surface area contributed by atoms with Gasteiger partial charge >= 0.3 is 0 Å². The number of halogens is 1. The number of aryl methyl sites for hydroxylation is 1. The van der Waals surface area contributed by atoms with Crippen molar-refractivity contribution in [2.45, 2.75) is 31.3 Å². The van der Waals surface area contributed by atoms with Crippen molar-refractivity contribution in [3.8, 4) is 22.0 Å². The number of hydrogen-bond donors (Lipinski definition) is 0. The van der Waals surface area contributed by atoms with Crippen LogP contribution in [0.4, 0.5) is 4.39 Å². The van der Waals surface area contributed by atoms with Gasteiger partial charge in [-0.05, 0) is 44.2 Å². The van der Waals surface area contributed by atoms with Crippen LogP contribution in [0.3, 0.4) is 0 Å². The second-order valence-electron chi connectivity index (χ2n) is 6.36. The lowest BCUT2D eigenvalue weighted by Gasteiger charge is -2.07. The van der Waals surface area contributed by atoms with Gasteiger partial charge in [-0.1, -0.05) is 35.5 Å². The first-order valence-electron chi connectivity index (χ1n) is 8.97. The Bertz CT molecular complexity index is 1090. The summed E-state index contributed by atoms with van der Waals surface area (Å²) < 4.78 is 15.2. The van der Waals surface area contributed by atoms with Crippen molar-refractivity contribution in [1.82, 2.24) is 19.7 Å². The van der Waals surface area contributed by atoms with Crippen LogP contribution < -0.4 is 0 Å². The molecule has 0 aliphatic rings.